The van der Waals surface area contributed by atoms with Crippen molar-refractivity contribution in [3.05, 3.63) is 95.3 Å². The molecule has 5 heteroatoms. The van der Waals surface area contributed by atoms with E-state index in [1.165, 1.54) is 5.56 Å². The van der Waals surface area contributed by atoms with Crippen LogP contribution in [0.3, 0.4) is 0 Å². The smallest absolute Gasteiger partial charge is 0.227 e. The maximum absolute atomic E-state index is 12.8. The van der Waals surface area contributed by atoms with Crippen LogP contribution in [-0.4, -0.2) is 22.0 Å². The minimum Gasteiger partial charge on any atom is -0.327 e. The van der Waals surface area contributed by atoms with Crippen LogP contribution in [0.2, 0.25) is 5.02 Å². The number of carbonyl (C=O) groups is 1. The molecule has 1 aliphatic rings. The lowest BCUT2D eigenvalue weighted by molar-refractivity contribution is -0.117. The number of amides is 1. The second-order valence-corrected chi connectivity index (χ2v) is 8.16. The van der Waals surface area contributed by atoms with Crippen molar-refractivity contribution in [3.63, 3.8) is 0 Å². The molecule has 0 saturated carbocycles. The number of hydrogen-bond acceptors (Lipinski definition) is 2. The van der Waals surface area contributed by atoms with Crippen LogP contribution in [0.4, 0.5) is 5.69 Å². The molecule has 0 bridgehead atoms. The number of rotatable bonds is 5. The average Bonchev–Trinajstić information content (AvgIpc) is 3.34. The largest absolute Gasteiger partial charge is 0.327 e. The molecule has 0 N–H and O–H groups in total. The summed E-state index contributed by atoms with van der Waals surface area (Å²) in [6.07, 6.45) is 1.40. The molecule has 1 aromatic heterocycles. The Morgan fingerprint density at radius 2 is 1.67 bits per heavy atom. The van der Waals surface area contributed by atoms with Gasteiger partial charge in [-0.15, -0.1) is 0 Å². The first-order valence-corrected chi connectivity index (χ1v) is 10.6. The van der Waals surface area contributed by atoms with Gasteiger partial charge in [0.2, 0.25) is 5.91 Å². The highest BCUT2D eigenvalue weighted by Crippen LogP contribution is 2.33. The number of aryl methyl sites for hydroxylation is 2. The molecular weight excluding hydrogens is 394 g/mol. The first kappa shape index (κ1) is 18.9. The molecule has 0 aliphatic carbocycles. The molecule has 5 rings (SSSR count). The zero-order chi connectivity index (χ0) is 20.5. The van der Waals surface area contributed by atoms with Crippen molar-refractivity contribution in [3.8, 4) is 0 Å². The molecule has 1 aliphatic heterocycles. The third-order valence-corrected chi connectivity index (χ3v) is 6.03. The first-order valence-electron chi connectivity index (χ1n) is 10.2. The van der Waals surface area contributed by atoms with Gasteiger partial charge < -0.3 is 9.47 Å². The molecule has 0 unspecified atom stereocenters. The van der Waals surface area contributed by atoms with Crippen molar-refractivity contribution in [2.75, 3.05) is 11.4 Å². The molecule has 3 aromatic carbocycles. The number of anilines is 1. The SMILES string of the molecule is O=C1C[C@H](c2nc3ccccc3n2CCc2ccccc2)CN1c1ccc(Cl)cc1. The zero-order valence-electron chi connectivity index (χ0n) is 16.5. The van der Waals surface area contributed by atoms with Crippen LogP contribution in [0.15, 0.2) is 78.9 Å². The fraction of sp³-hybridized carbons (Fsp3) is 0.200. The first-order chi connectivity index (χ1) is 14.7. The van der Waals surface area contributed by atoms with Crippen LogP contribution in [0, 0.1) is 0 Å². The van der Waals surface area contributed by atoms with E-state index in [-0.39, 0.29) is 11.8 Å². The summed E-state index contributed by atoms with van der Waals surface area (Å²) in [5.74, 6) is 1.19. The minimum absolute atomic E-state index is 0.0661. The number of para-hydroxylation sites is 2. The summed E-state index contributed by atoms with van der Waals surface area (Å²) in [4.78, 5) is 19.6. The van der Waals surface area contributed by atoms with Gasteiger partial charge in [-0.3, -0.25) is 4.79 Å². The van der Waals surface area contributed by atoms with Crippen molar-refractivity contribution in [1.29, 1.82) is 0 Å². The van der Waals surface area contributed by atoms with Crippen LogP contribution in [0.5, 0.6) is 0 Å². The Labute approximate surface area is 180 Å². The summed E-state index contributed by atoms with van der Waals surface area (Å²) >= 11 is 6.01. The van der Waals surface area contributed by atoms with Crippen LogP contribution in [0.25, 0.3) is 11.0 Å². The molecule has 1 saturated heterocycles. The van der Waals surface area contributed by atoms with Gasteiger partial charge in [-0.1, -0.05) is 54.1 Å². The van der Waals surface area contributed by atoms with E-state index >= 15 is 0 Å². The van der Waals surface area contributed by atoms with Crippen LogP contribution < -0.4 is 4.90 Å². The number of imidazole rings is 1. The number of carbonyl (C=O) groups excluding carboxylic acids is 1. The Bertz CT molecular complexity index is 1180. The summed E-state index contributed by atoms with van der Waals surface area (Å²) in [6, 6.07) is 26.2. The normalized spacial score (nSPS) is 16.5. The Hall–Kier alpha value is -3.11. The van der Waals surface area contributed by atoms with Gasteiger partial charge in [0.25, 0.3) is 0 Å². The maximum Gasteiger partial charge on any atom is 0.227 e. The lowest BCUT2D eigenvalue weighted by Crippen LogP contribution is -2.24. The molecule has 1 atom stereocenters. The maximum atomic E-state index is 12.8. The van der Waals surface area contributed by atoms with Crippen molar-refractivity contribution in [2.24, 2.45) is 0 Å². The summed E-state index contributed by atoms with van der Waals surface area (Å²) in [5.41, 5.74) is 4.30. The number of halogens is 1. The predicted molar refractivity (Wildman–Crippen MR) is 121 cm³/mol. The standard InChI is InChI=1S/C25H22ClN3O/c26-20-10-12-21(13-11-20)29-17-19(16-24(29)30)25-27-22-8-4-5-9-23(22)28(25)15-14-18-6-2-1-3-7-18/h1-13,19H,14-17H2/t19-/m0/s1. The van der Waals surface area contributed by atoms with Gasteiger partial charge in [-0.25, -0.2) is 4.98 Å². The highest BCUT2D eigenvalue weighted by molar-refractivity contribution is 6.30. The molecular formula is C25H22ClN3O. The van der Waals surface area contributed by atoms with E-state index in [0.717, 1.165) is 35.5 Å². The van der Waals surface area contributed by atoms with Crippen molar-refractivity contribution >= 4 is 34.2 Å². The molecule has 150 valence electrons. The van der Waals surface area contributed by atoms with Gasteiger partial charge in [-0.2, -0.15) is 0 Å². The van der Waals surface area contributed by atoms with Crippen molar-refractivity contribution in [1.82, 2.24) is 9.55 Å². The van der Waals surface area contributed by atoms with Crippen molar-refractivity contribution in [2.45, 2.75) is 25.3 Å². The molecule has 4 nitrogen and oxygen atoms in total. The van der Waals surface area contributed by atoms with E-state index in [0.29, 0.717) is 18.0 Å². The second-order valence-electron chi connectivity index (χ2n) is 7.73. The van der Waals surface area contributed by atoms with E-state index in [1.54, 1.807) is 0 Å². The quantitative estimate of drug-likeness (QED) is 0.434. The van der Waals surface area contributed by atoms with E-state index in [1.807, 2.05) is 53.4 Å². The number of fused-ring (bicyclic) bond motifs is 1. The topological polar surface area (TPSA) is 38.1 Å². The van der Waals surface area contributed by atoms with Gasteiger partial charge in [0, 0.05) is 36.1 Å². The lowest BCUT2D eigenvalue weighted by atomic mass is 10.1. The average molecular weight is 416 g/mol. The summed E-state index contributed by atoms with van der Waals surface area (Å²) in [6.45, 7) is 1.47. The summed E-state index contributed by atoms with van der Waals surface area (Å²) in [5, 5.41) is 0.671. The van der Waals surface area contributed by atoms with E-state index in [9.17, 15) is 4.79 Å². The fourth-order valence-corrected chi connectivity index (χ4v) is 4.40. The summed E-state index contributed by atoms with van der Waals surface area (Å²) in [7, 11) is 0. The molecule has 2 heterocycles. The molecule has 0 radical (unpaired) electrons. The number of benzene rings is 3. The van der Waals surface area contributed by atoms with Gasteiger partial charge >= 0.3 is 0 Å². The zero-order valence-corrected chi connectivity index (χ0v) is 17.3. The Morgan fingerprint density at radius 3 is 2.47 bits per heavy atom. The number of hydrogen-bond donors (Lipinski definition) is 0. The number of nitrogens with zero attached hydrogens (tertiary/aromatic N) is 3. The predicted octanol–water partition coefficient (Wildman–Crippen LogP) is 5.45. The van der Waals surface area contributed by atoms with E-state index in [4.69, 9.17) is 16.6 Å². The van der Waals surface area contributed by atoms with E-state index in [2.05, 4.69) is 34.9 Å². The van der Waals surface area contributed by atoms with Crippen molar-refractivity contribution < 1.29 is 4.79 Å². The van der Waals surface area contributed by atoms with Gasteiger partial charge in [-0.05, 0) is 48.4 Å². The molecule has 30 heavy (non-hydrogen) atoms. The Morgan fingerprint density at radius 1 is 0.933 bits per heavy atom. The van der Waals surface area contributed by atoms with E-state index < -0.39 is 0 Å². The van der Waals surface area contributed by atoms with Crippen LogP contribution >= 0.6 is 11.6 Å². The fourth-order valence-electron chi connectivity index (χ4n) is 4.28. The number of aromatic nitrogens is 2. The second kappa shape index (κ2) is 7.96. The molecule has 0 spiro atoms. The van der Waals surface area contributed by atoms with Crippen LogP contribution in [0.1, 0.15) is 23.7 Å². The lowest BCUT2D eigenvalue weighted by Gasteiger charge is -2.17. The third-order valence-electron chi connectivity index (χ3n) is 5.78. The summed E-state index contributed by atoms with van der Waals surface area (Å²) < 4.78 is 2.30. The van der Waals surface area contributed by atoms with Gasteiger partial charge in [0.1, 0.15) is 5.82 Å². The Balaban J connectivity index is 1.46. The highest BCUT2D eigenvalue weighted by atomic mass is 35.5. The molecule has 4 aromatic rings. The molecule has 1 fully saturated rings. The monoisotopic (exact) mass is 415 g/mol. The Kier molecular flexibility index (Phi) is 5.01. The van der Waals surface area contributed by atoms with Gasteiger partial charge in [0.05, 0.1) is 11.0 Å². The van der Waals surface area contributed by atoms with Crippen LogP contribution in [-0.2, 0) is 17.8 Å². The molecule has 1 amide bonds. The van der Waals surface area contributed by atoms with Gasteiger partial charge in [0.15, 0.2) is 0 Å². The third kappa shape index (κ3) is 3.59. The highest BCUT2D eigenvalue weighted by Gasteiger charge is 2.34. The minimum atomic E-state index is 0.0661.